The van der Waals surface area contributed by atoms with E-state index in [-0.39, 0.29) is 0 Å². The fraction of sp³-hybridized carbons (Fsp3) is 0.409. The van der Waals surface area contributed by atoms with Crippen LogP contribution < -0.4 is 0 Å². The van der Waals surface area contributed by atoms with Crippen LogP contribution in [0.15, 0.2) is 54.6 Å². The van der Waals surface area contributed by atoms with Crippen molar-refractivity contribution >= 4 is 17.7 Å². The van der Waals surface area contributed by atoms with Gasteiger partial charge in [0.1, 0.15) is 0 Å². The highest BCUT2D eigenvalue weighted by molar-refractivity contribution is 7.99. The SMILES string of the molecule is Cc1cccc(CSCC(=O)N2CCC(Cc3ccccc3)CC2)c1. The molecular weight excluding hydrogens is 326 g/mol. The van der Waals surface area contributed by atoms with Crippen molar-refractivity contribution in [3.8, 4) is 0 Å². The first kappa shape index (κ1) is 18.1. The van der Waals surface area contributed by atoms with Crippen LogP contribution >= 0.6 is 11.8 Å². The minimum Gasteiger partial charge on any atom is -0.342 e. The van der Waals surface area contributed by atoms with Gasteiger partial charge in [0.2, 0.25) is 5.91 Å². The molecule has 1 aliphatic heterocycles. The standard InChI is InChI=1S/C22H27NOS/c1-18-6-5-9-21(14-18)16-25-17-22(24)23-12-10-20(11-13-23)15-19-7-3-2-4-8-19/h2-9,14,20H,10-13,15-17H2,1H3. The molecular formula is C22H27NOS. The Bertz CT molecular complexity index is 677. The molecule has 2 nitrogen and oxygen atoms in total. The van der Waals surface area contributed by atoms with Crippen LogP contribution in [0.4, 0.5) is 0 Å². The number of rotatable bonds is 6. The molecule has 2 aromatic carbocycles. The number of piperidine rings is 1. The Morgan fingerprint density at radius 1 is 1.04 bits per heavy atom. The smallest absolute Gasteiger partial charge is 0.232 e. The molecule has 0 spiro atoms. The summed E-state index contributed by atoms with van der Waals surface area (Å²) in [6.07, 6.45) is 3.40. The third kappa shape index (κ3) is 5.64. The van der Waals surface area contributed by atoms with E-state index < -0.39 is 0 Å². The lowest BCUT2D eigenvalue weighted by Gasteiger charge is -2.32. The predicted molar refractivity (Wildman–Crippen MR) is 107 cm³/mol. The zero-order valence-electron chi connectivity index (χ0n) is 15.0. The van der Waals surface area contributed by atoms with E-state index in [9.17, 15) is 4.79 Å². The van der Waals surface area contributed by atoms with E-state index in [0.29, 0.717) is 17.6 Å². The molecule has 1 saturated heterocycles. The van der Waals surface area contributed by atoms with Crippen molar-refractivity contribution < 1.29 is 4.79 Å². The monoisotopic (exact) mass is 353 g/mol. The van der Waals surface area contributed by atoms with Crippen molar-refractivity contribution in [1.29, 1.82) is 0 Å². The molecule has 3 rings (SSSR count). The Labute approximate surface area is 155 Å². The lowest BCUT2D eigenvalue weighted by molar-refractivity contribution is -0.129. The van der Waals surface area contributed by atoms with Crippen LogP contribution in [0.3, 0.4) is 0 Å². The van der Waals surface area contributed by atoms with Gasteiger partial charge in [-0.25, -0.2) is 0 Å². The molecule has 132 valence electrons. The first-order chi connectivity index (χ1) is 12.2. The number of carbonyl (C=O) groups is 1. The molecule has 0 radical (unpaired) electrons. The van der Waals surface area contributed by atoms with E-state index in [1.165, 1.54) is 16.7 Å². The second-order valence-corrected chi connectivity index (χ2v) is 7.98. The highest BCUT2D eigenvalue weighted by Crippen LogP contribution is 2.22. The molecule has 1 aliphatic rings. The number of benzene rings is 2. The molecule has 25 heavy (non-hydrogen) atoms. The lowest BCUT2D eigenvalue weighted by atomic mass is 9.90. The van der Waals surface area contributed by atoms with E-state index >= 15 is 0 Å². The second-order valence-electron chi connectivity index (χ2n) is 7.00. The molecule has 0 aromatic heterocycles. The minimum atomic E-state index is 0.302. The van der Waals surface area contributed by atoms with E-state index in [4.69, 9.17) is 0 Å². The minimum absolute atomic E-state index is 0.302. The largest absolute Gasteiger partial charge is 0.342 e. The number of nitrogens with zero attached hydrogens (tertiary/aromatic N) is 1. The first-order valence-electron chi connectivity index (χ1n) is 9.15. The summed E-state index contributed by atoms with van der Waals surface area (Å²) in [4.78, 5) is 14.5. The summed E-state index contributed by atoms with van der Waals surface area (Å²) in [5.74, 6) is 2.53. The fourth-order valence-corrected chi connectivity index (χ4v) is 4.36. The molecule has 1 amide bonds. The van der Waals surface area contributed by atoms with Gasteiger partial charge in [0.05, 0.1) is 5.75 Å². The maximum Gasteiger partial charge on any atom is 0.232 e. The van der Waals surface area contributed by atoms with Gasteiger partial charge in [-0.2, -0.15) is 0 Å². The molecule has 3 heteroatoms. The average molecular weight is 354 g/mol. The van der Waals surface area contributed by atoms with Gasteiger partial charge < -0.3 is 4.90 Å². The van der Waals surface area contributed by atoms with E-state index in [1.807, 2.05) is 0 Å². The summed E-state index contributed by atoms with van der Waals surface area (Å²) in [7, 11) is 0. The second kappa shape index (κ2) is 9.10. The van der Waals surface area contributed by atoms with Crippen LogP contribution in [-0.2, 0) is 17.0 Å². The Kier molecular flexibility index (Phi) is 6.57. The number of hydrogen-bond acceptors (Lipinski definition) is 2. The van der Waals surface area contributed by atoms with Gasteiger partial charge in [-0.05, 0) is 43.2 Å². The summed E-state index contributed by atoms with van der Waals surface area (Å²) >= 11 is 1.73. The van der Waals surface area contributed by atoms with Crippen LogP contribution in [-0.4, -0.2) is 29.6 Å². The number of amides is 1. The summed E-state index contributed by atoms with van der Waals surface area (Å²) < 4.78 is 0. The quantitative estimate of drug-likeness (QED) is 0.749. The lowest BCUT2D eigenvalue weighted by Crippen LogP contribution is -2.39. The zero-order chi connectivity index (χ0) is 17.5. The summed E-state index contributed by atoms with van der Waals surface area (Å²) in [5, 5.41) is 0. The topological polar surface area (TPSA) is 20.3 Å². The molecule has 1 fully saturated rings. The summed E-state index contributed by atoms with van der Waals surface area (Å²) in [6, 6.07) is 19.2. The highest BCUT2D eigenvalue weighted by Gasteiger charge is 2.22. The maximum atomic E-state index is 12.4. The van der Waals surface area contributed by atoms with Crippen molar-refractivity contribution in [2.24, 2.45) is 5.92 Å². The molecule has 0 N–H and O–H groups in total. The Morgan fingerprint density at radius 2 is 1.76 bits per heavy atom. The van der Waals surface area contributed by atoms with E-state index in [1.54, 1.807) is 11.8 Å². The Morgan fingerprint density at radius 3 is 2.48 bits per heavy atom. The molecule has 0 unspecified atom stereocenters. The molecule has 2 aromatic rings. The molecule has 0 saturated carbocycles. The summed E-state index contributed by atoms with van der Waals surface area (Å²) in [5.41, 5.74) is 4.00. The van der Waals surface area contributed by atoms with Crippen LogP contribution in [0.5, 0.6) is 0 Å². The van der Waals surface area contributed by atoms with Gasteiger partial charge in [0, 0.05) is 18.8 Å². The Hall–Kier alpha value is -1.74. The molecule has 0 bridgehead atoms. The number of hydrogen-bond donors (Lipinski definition) is 0. The van der Waals surface area contributed by atoms with Crippen LogP contribution in [0.25, 0.3) is 0 Å². The number of carbonyl (C=O) groups excluding carboxylic acids is 1. The maximum absolute atomic E-state index is 12.4. The Balaban J connectivity index is 1.38. The van der Waals surface area contributed by atoms with Gasteiger partial charge in [0.25, 0.3) is 0 Å². The van der Waals surface area contributed by atoms with E-state index in [0.717, 1.165) is 38.1 Å². The van der Waals surface area contributed by atoms with Gasteiger partial charge in [-0.15, -0.1) is 11.8 Å². The van der Waals surface area contributed by atoms with Gasteiger partial charge in [0.15, 0.2) is 0 Å². The number of aryl methyl sites for hydroxylation is 1. The fourth-order valence-electron chi connectivity index (χ4n) is 3.48. The van der Waals surface area contributed by atoms with Gasteiger partial charge >= 0.3 is 0 Å². The normalized spacial score (nSPS) is 15.3. The van der Waals surface area contributed by atoms with Crippen molar-refractivity contribution in [1.82, 2.24) is 4.90 Å². The predicted octanol–water partition coefficient (Wildman–Crippen LogP) is 4.71. The molecule has 0 aliphatic carbocycles. The van der Waals surface area contributed by atoms with Crippen molar-refractivity contribution in [3.63, 3.8) is 0 Å². The third-order valence-corrected chi connectivity index (χ3v) is 5.90. The summed E-state index contributed by atoms with van der Waals surface area (Å²) in [6.45, 7) is 3.95. The van der Waals surface area contributed by atoms with Crippen LogP contribution in [0.2, 0.25) is 0 Å². The van der Waals surface area contributed by atoms with Gasteiger partial charge in [-0.1, -0.05) is 60.2 Å². The third-order valence-electron chi connectivity index (χ3n) is 4.91. The molecule has 0 atom stereocenters. The van der Waals surface area contributed by atoms with E-state index in [2.05, 4.69) is 66.4 Å². The highest BCUT2D eigenvalue weighted by atomic mass is 32.2. The van der Waals surface area contributed by atoms with Crippen LogP contribution in [0.1, 0.15) is 29.5 Å². The number of thioether (sulfide) groups is 1. The average Bonchev–Trinajstić information content (AvgIpc) is 2.63. The van der Waals surface area contributed by atoms with Crippen molar-refractivity contribution in [2.45, 2.75) is 31.9 Å². The first-order valence-corrected chi connectivity index (χ1v) is 10.3. The number of likely N-dealkylation sites (tertiary alicyclic amines) is 1. The van der Waals surface area contributed by atoms with Crippen LogP contribution in [0, 0.1) is 12.8 Å². The zero-order valence-corrected chi connectivity index (χ0v) is 15.8. The van der Waals surface area contributed by atoms with Crippen molar-refractivity contribution in [2.75, 3.05) is 18.8 Å². The van der Waals surface area contributed by atoms with Crippen molar-refractivity contribution in [3.05, 3.63) is 71.3 Å². The molecule has 1 heterocycles. The van der Waals surface area contributed by atoms with Gasteiger partial charge in [-0.3, -0.25) is 4.79 Å².